The predicted octanol–water partition coefficient (Wildman–Crippen LogP) is 5.58. The molecule has 1 aromatic heterocycles. The molecule has 0 aliphatic carbocycles. The summed E-state index contributed by atoms with van der Waals surface area (Å²) in [5.41, 5.74) is 2.75. The van der Waals surface area contributed by atoms with E-state index < -0.39 is 21.7 Å². The van der Waals surface area contributed by atoms with Crippen LogP contribution in [0.1, 0.15) is 81.3 Å². The van der Waals surface area contributed by atoms with Gasteiger partial charge in [0.2, 0.25) is 0 Å². The molecule has 7 nitrogen and oxygen atoms in total. The number of nitrogens with one attached hydrogen (secondary N) is 1. The van der Waals surface area contributed by atoms with Crippen LogP contribution in [0.25, 0.3) is 0 Å². The van der Waals surface area contributed by atoms with Crippen LogP contribution in [0.15, 0.2) is 58.8 Å². The van der Waals surface area contributed by atoms with Gasteiger partial charge in [-0.1, -0.05) is 43.1 Å². The van der Waals surface area contributed by atoms with Crippen LogP contribution in [-0.2, 0) is 22.9 Å². The number of hydrogen-bond acceptors (Lipinski definition) is 6. The number of allylic oxidation sites excluding steroid dienone is 4. The van der Waals surface area contributed by atoms with Crippen molar-refractivity contribution in [2.24, 2.45) is 0 Å². The van der Waals surface area contributed by atoms with E-state index in [1.165, 1.54) is 36.2 Å². The highest BCUT2D eigenvalue weighted by Crippen LogP contribution is 2.38. The van der Waals surface area contributed by atoms with Gasteiger partial charge in [0, 0.05) is 18.0 Å². The maximum atomic E-state index is 13.3. The fourth-order valence-electron chi connectivity index (χ4n) is 3.68. The number of pyridine rings is 1. The lowest BCUT2D eigenvalue weighted by molar-refractivity contribution is 0.0981. The summed E-state index contributed by atoms with van der Waals surface area (Å²) in [7, 11) is -4.42. The number of carbonyl (C=O) groups is 1. The summed E-state index contributed by atoms with van der Waals surface area (Å²) in [5, 5.41) is 21.7. The number of aryl methyl sites for hydroxylation is 1. The van der Waals surface area contributed by atoms with Crippen molar-refractivity contribution < 1.29 is 23.4 Å². The van der Waals surface area contributed by atoms with Gasteiger partial charge in [-0.15, -0.1) is 0 Å². The van der Waals surface area contributed by atoms with Crippen LogP contribution in [0.4, 0.5) is 0 Å². The van der Waals surface area contributed by atoms with Crippen molar-refractivity contribution in [3.63, 3.8) is 0 Å². The zero-order chi connectivity index (χ0) is 26.0. The van der Waals surface area contributed by atoms with Crippen LogP contribution < -0.4 is 4.72 Å². The Kier molecular flexibility index (Phi) is 10.5. The molecular weight excluding hydrogens is 464 g/mol. The number of benzene rings is 1. The van der Waals surface area contributed by atoms with E-state index in [4.69, 9.17) is 0 Å². The van der Waals surface area contributed by atoms with E-state index in [2.05, 4.69) is 11.1 Å². The Morgan fingerprint density at radius 1 is 1.14 bits per heavy atom. The summed E-state index contributed by atoms with van der Waals surface area (Å²) in [6.45, 7) is 8.05. The highest BCUT2D eigenvalue weighted by molar-refractivity contribution is 7.90. The molecule has 0 aliphatic rings. The van der Waals surface area contributed by atoms with E-state index >= 15 is 0 Å². The third-order valence-electron chi connectivity index (χ3n) is 5.63. The largest absolute Gasteiger partial charge is 0.508 e. The van der Waals surface area contributed by atoms with Crippen molar-refractivity contribution in [3.8, 4) is 11.5 Å². The fraction of sp³-hybridized carbons (Fsp3) is 0.407. The summed E-state index contributed by atoms with van der Waals surface area (Å²) in [5.74, 6) is -1.54. The number of amides is 1. The molecule has 0 bridgehead atoms. The molecule has 0 spiro atoms. The average Bonchev–Trinajstić information content (AvgIpc) is 2.78. The summed E-state index contributed by atoms with van der Waals surface area (Å²) in [6.07, 6.45) is 11.4. The number of nitrogens with zero attached hydrogens (tertiary/aromatic N) is 1. The molecule has 0 unspecified atom stereocenters. The Hall–Kier alpha value is -3.13. The molecule has 1 amide bonds. The third kappa shape index (κ3) is 8.24. The van der Waals surface area contributed by atoms with Gasteiger partial charge < -0.3 is 10.2 Å². The lowest BCUT2D eigenvalue weighted by atomic mass is 10.00. The van der Waals surface area contributed by atoms with Gasteiger partial charge >= 0.3 is 0 Å². The molecule has 2 rings (SSSR count). The maximum absolute atomic E-state index is 13.3. The number of hydrogen-bond donors (Lipinski definition) is 3. The van der Waals surface area contributed by atoms with Gasteiger partial charge in [-0.05, 0) is 76.6 Å². The van der Waals surface area contributed by atoms with Crippen molar-refractivity contribution in [1.82, 2.24) is 9.71 Å². The zero-order valence-corrected chi connectivity index (χ0v) is 21.8. The SMILES string of the molecule is CCCCCc1cc(O)c(C/C=C(\C)CCC=C(C)C)c(O)c1S(=O)(=O)NC(=O)c1cccnc1. The molecule has 0 saturated heterocycles. The molecule has 1 aromatic carbocycles. The van der Waals surface area contributed by atoms with Gasteiger partial charge in [-0.2, -0.15) is 0 Å². The van der Waals surface area contributed by atoms with Crippen molar-refractivity contribution in [2.75, 3.05) is 0 Å². The van der Waals surface area contributed by atoms with Crippen LogP contribution >= 0.6 is 0 Å². The lowest BCUT2D eigenvalue weighted by Gasteiger charge is -2.17. The van der Waals surface area contributed by atoms with Gasteiger partial charge in [0.1, 0.15) is 16.4 Å². The van der Waals surface area contributed by atoms with Gasteiger partial charge in [0.25, 0.3) is 15.9 Å². The maximum Gasteiger partial charge on any atom is 0.268 e. The van der Waals surface area contributed by atoms with E-state index in [0.29, 0.717) is 12.8 Å². The van der Waals surface area contributed by atoms with Crippen LogP contribution in [0, 0.1) is 0 Å². The molecule has 0 atom stereocenters. The highest BCUT2D eigenvalue weighted by Gasteiger charge is 2.29. The molecule has 2 aromatic rings. The molecule has 35 heavy (non-hydrogen) atoms. The Morgan fingerprint density at radius 2 is 1.89 bits per heavy atom. The van der Waals surface area contributed by atoms with Crippen LogP contribution in [0.5, 0.6) is 11.5 Å². The summed E-state index contributed by atoms with van der Waals surface area (Å²) in [4.78, 5) is 16.0. The number of carbonyl (C=O) groups excluding carboxylic acids is 1. The number of aromatic nitrogens is 1. The molecule has 190 valence electrons. The van der Waals surface area contributed by atoms with E-state index in [1.807, 2.05) is 38.5 Å². The van der Waals surface area contributed by atoms with Gasteiger partial charge in [0.15, 0.2) is 0 Å². The minimum Gasteiger partial charge on any atom is -0.508 e. The first-order chi connectivity index (χ1) is 16.6. The summed E-state index contributed by atoms with van der Waals surface area (Å²) >= 11 is 0. The van der Waals surface area contributed by atoms with Gasteiger partial charge in [0.05, 0.1) is 5.56 Å². The van der Waals surface area contributed by atoms with Crippen molar-refractivity contribution in [2.45, 2.75) is 77.5 Å². The Labute approximate surface area is 208 Å². The molecule has 1 heterocycles. The third-order valence-corrected chi connectivity index (χ3v) is 7.07. The molecular formula is C27H36N2O5S. The Bertz CT molecular complexity index is 1180. The topological polar surface area (TPSA) is 117 Å². The molecule has 0 fully saturated rings. The van der Waals surface area contributed by atoms with Crippen molar-refractivity contribution in [1.29, 1.82) is 0 Å². The Balaban J connectivity index is 2.44. The number of phenolic OH excluding ortho intramolecular Hbond substituents is 2. The minimum absolute atomic E-state index is 0.0806. The second-order valence-electron chi connectivity index (χ2n) is 8.92. The summed E-state index contributed by atoms with van der Waals surface area (Å²) < 4.78 is 28.6. The van der Waals surface area contributed by atoms with Crippen molar-refractivity contribution >= 4 is 15.9 Å². The first-order valence-corrected chi connectivity index (χ1v) is 13.4. The van der Waals surface area contributed by atoms with E-state index in [1.54, 1.807) is 0 Å². The number of phenols is 2. The van der Waals surface area contributed by atoms with Crippen LogP contribution in [0.3, 0.4) is 0 Å². The van der Waals surface area contributed by atoms with Crippen LogP contribution in [-0.4, -0.2) is 29.5 Å². The van der Waals surface area contributed by atoms with E-state index in [0.717, 1.165) is 31.3 Å². The first kappa shape index (κ1) is 28.1. The molecule has 0 saturated carbocycles. The highest BCUT2D eigenvalue weighted by atomic mass is 32.2. The number of sulfonamides is 1. The molecule has 3 N–H and O–H groups in total. The van der Waals surface area contributed by atoms with Gasteiger partial charge in [-0.3, -0.25) is 9.78 Å². The predicted molar refractivity (Wildman–Crippen MR) is 138 cm³/mol. The molecule has 0 radical (unpaired) electrons. The molecule has 8 heteroatoms. The molecule has 0 aliphatic heterocycles. The number of aromatic hydroxyl groups is 2. The van der Waals surface area contributed by atoms with E-state index in [-0.39, 0.29) is 33.8 Å². The van der Waals surface area contributed by atoms with E-state index in [9.17, 15) is 23.4 Å². The minimum atomic E-state index is -4.42. The standard InChI is InChI=1S/C27H36N2O5S/c1-5-6-7-12-21-17-24(30)23(15-14-20(4)11-8-10-19(2)3)25(31)26(21)35(33,34)29-27(32)22-13-9-16-28-18-22/h9-10,13-14,16-18,30-31H,5-8,11-12,15H2,1-4H3,(H,29,32)/b20-14+. The van der Waals surface area contributed by atoms with Crippen LogP contribution in [0.2, 0.25) is 0 Å². The monoisotopic (exact) mass is 500 g/mol. The van der Waals surface area contributed by atoms with Crippen molar-refractivity contribution in [3.05, 3.63) is 70.6 Å². The summed E-state index contributed by atoms with van der Waals surface area (Å²) in [6, 6.07) is 4.37. The Morgan fingerprint density at radius 3 is 2.51 bits per heavy atom. The number of unbranched alkanes of at least 4 members (excludes halogenated alkanes) is 2. The second-order valence-corrected chi connectivity index (χ2v) is 10.5. The lowest BCUT2D eigenvalue weighted by Crippen LogP contribution is -2.31. The second kappa shape index (κ2) is 13.1. The quantitative estimate of drug-likeness (QED) is 0.259. The zero-order valence-electron chi connectivity index (χ0n) is 21.0. The number of rotatable bonds is 12. The normalized spacial score (nSPS) is 11.8. The average molecular weight is 501 g/mol. The van der Waals surface area contributed by atoms with Gasteiger partial charge in [-0.25, -0.2) is 13.1 Å². The first-order valence-electron chi connectivity index (χ1n) is 11.9. The fourth-order valence-corrected chi connectivity index (χ4v) is 5.02. The smallest absolute Gasteiger partial charge is 0.268 e.